The Morgan fingerprint density at radius 1 is 0.952 bits per heavy atom. The Balaban J connectivity index is 2.52. The highest BCUT2D eigenvalue weighted by Crippen LogP contribution is 2.32. The number of carbonyl (C=O) groups excluding carboxylic acids is 1. The van der Waals surface area contributed by atoms with E-state index in [0.717, 1.165) is 18.2 Å². The van der Waals surface area contributed by atoms with E-state index in [2.05, 4.69) is 15.9 Å². The number of benzene rings is 2. The van der Waals surface area contributed by atoms with Crippen LogP contribution in [0.1, 0.15) is 21.5 Å². The van der Waals surface area contributed by atoms with Crippen LogP contribution in [-0.4, -0.2) is 5.78 Å². The van der Waals surface area contributed by atoms with Crippen molar-refractivity contribution in [2.24, 2.45) is 0 Å². The van der Waals surface area contributed by atoms with E-state index >= 15 is 0 Å². The summed E-state index contributed by atoms with van der Waals surface area (Å²) in [5.74, 6) is -3.32. The number of carbonyl (C=O) groups is 1. The number of ketones is 1. The van der Waals surface area contributed by atoms with E-state index in [4.69, 9.17) is 0 Å². The molecule has 0 fully saturated rings. The molecular formula is C14H6BrF5O. The molecule has 0 spiro atoms. The second-order valence-corrected chi connectivity index (χ2v) is 5.06. The van der Waals surface area contributed by atoms with E-state index < -0.39 is 40.3 Å². The molecule has 0 atom stereocenters. The predicted octanol–water partition coefficient (Wildman–Crippen LogP) is 4.98. The van der Waals surface area contributed by atoms with Crippen molar-refractivity contribution in [3.8, 4) is 0 Å². The molecule has 2 aromatic rings. The third-order valence-electron chi connectivity index (χ3n) is 2.71. The topological polar surface area (TPSA) is 17.1 Å². The van der Waals surface area contributed by atoms with Gasteiger partial charge in [-0.15, -0.1) is 0 Å². The van der Waals surface area contributed by atoms with E-state index in [9.17, 15) is 26.7 Å². The van der Waals surface area contributed by atoms with E-state index in [0.29, 0.717) is 16.6 Å². The molecule has 0 radical (unpaired) electrons. The molecule has 0 amide bonds. The molecule has 21 heavy (non-hydrogen) atoms. The van der Waals surface area contributed by atoms with Crippen molar-refractivity contribution < 1.29 is 26.7 Å². The summed E-state index contributed by atoms with van der Waals surface area (Å²) in [5.41, 5.74) is -2.41. The maximum absolute atomic E-state index is 13.6. The number of halogens is 6. The molecule has 0 aliphatic carbocycles. The smallest absolute Gasteiger partial charge is 0.288 e. The second-order valence-electron chi connectivity index (χ2n) is 4.15. The quantitative estimate of drug-likeness (QED) is 0.542. The first kappa shape index (κ1) is 15.6. The fourth-order valence-electron chi connectivity index (χ4n) is 1.71. The molecule has 0 unspecified atom stereocenters. The van der Waals surface area contributed by atoms with Gasteiger partial charge in [0.15, 0.2) is 5.78 Å². The van der Waals surface area contributed by atoms with Crippen LogP contribution in [0, 0.1) is 11.6 Å². The third-order valence-corrected chi connectivity index (χ3v) is 3.20. The van der Waals surface area contributed by atoms with Crippen LogP contribution < -0.4 is 0 Å². The molecule has 0 aliphatic heterocycles. The first-order chi connectivity index (χ1) is 9.70. The third kappa shape index (κ3) is 3.29. The van der Waals surface area contributed by atoms with Gasteiger partial charge < -0.3 is 0 Å². The van der Waals surface area contributed by atoms with Crippen molar-refractivity contribution in [3.05, 3.63) is 69.2 Å². The Bertz CT molecular complexity index is 709. The van der Waals surface area contributed by atoms with Crippen molar-refractivity contribution in [2.75, 3.05) is 0 Å². The molecule has 7 heteroatoms. The number of hydrogen-bond donors (Lipinski definition) is 0. The molecule has 2 rings (SSSR count). The SMILES string of the molecule is O=C(c1ccc(F)c(C(F)(F)F)c1)c1cc(Br)ccc1F. The summed E-state index contributed by atoms with van der Waals surface area (Å²) in [4.78, 5) is 12.1. The Morgan fingerprint density at radius 3 is 2.19 bits per heavy atom. The number of alkyl halides is 3. The fourth-order valence-corrected chi connectivity index (χ4v) is 2.07. The second kappa shape index (κ2) is 5.55. The molecule has 2 aromatic carbocycles. The van der Waals surface area contributed by atoms with Gasteiger partial charge >= 0.3 is 6.18 Å². The summed E-state index contributed by atoms with van der Waals surface area (Å²) in [6.45, 7) is 0. The maximum Gasteiger partial charge on any atom is 0.419 e. The Morgan fingerprint density at radius 2 is 1.57 bits per heavy atom. The molecule has 0 saturated carbocycles. The zero-order chi connectivity index (χ0) is 15.8. The van der Waals surface area contributed by atoms with Gasteiger partial charge in [0.05, 0.1) is 11.1 Å². The van der Waals surface area contributed by atoms with Crippen LogP contribution in [0.15, 0.2) is 40.9 Å². The monoisotopic (exact) mass is 364 g/mol. The van der Waals surface area contributed by atoms with Crippen molar-refractivity contribution in [1.29, 1.82) is 0 Å². The summed E-state index contributed by atoms with van der Waals surface area (Å²) in [6.07, 6.45) is -4.93. The maximum atomic E-state index is 13.6. The standard InChI is InChI=1S/C14H6BrF5O/c15-8-2-4-11(16)9(6-8)13(21)7-1-3-12(17)10(5-7)14(18,19)20/h1-6H. The minimum atomic E-state index is -4.93. The van der Waals surface area contributed by atoms with Crippen LogP contribution in [0.25, 0.3) is 0 Å². The fraction of sp³-hybridized carbons (Fsp3) is 0.0714. The summed E-state index contributed by atoms with van der Waals surface area (Å²) >= 11 is 3.04. The average molecular weight is 365 g/mol. The van der Waals surface area contributed by atoms with Crippen LogP contribution >= 0.6 is 15.9 Å². The highest BCUT2D eigenvalue weighted by molar-refractivity contribution is 9.10. The molecule has 0 saturated heterocycles. The zero-order valence-electron chi connectivity index (χ0n) is 10.1. The van der Waals surface area contributed by atoms with E-state index in [1.54, 1.807) is 0 Å². The lowest BCUT2D eigenvalue weighted by Crippen LogP contribution is -2.11. The lowest BCUT2D eigenvalue weighted by Gasteiger charge is -2.10. The van der Waals surface area contributed by atoms with Gasteiger partial charge in [-0.1, -0.05) is 15.9 Å². The summed E-state index contributed by atoms with van der Waals surface area (Å²) in [5, 5.41) is 0. The first-order valence-electron chi connectivity index (χ1n) is 5.56. The van der Waals surface area contributed by atoms with E-state index in [1.165, 1.54) is 6.07 Å². The average Bonchev–Trinajstić information content (AvgIpc) is 2.40. The molecule has 1 nitrogen and oxygen atoms in total. The normalized spacial score (nSPS) is 11.5. The van der Waals surface area contributed by atoms with Gasteiger partial charge in [0.2, 0.25) is 0 Å². The van der Waals surface area contributed by atoms with E-state index in [-0.39, 0.29) is 0 Å². The Kier molecular flexibility index (Phi) is 4.13. The summed E-state index contributed by atoms with van der Waals surface area (Å²) < 4.78 is 65.0. The number of hydrogen-bond acceptors (Lipinski definition) is 1. The minimum Gasteiger partial charge on any atom is -0.288 e. The number of rotatable bonds is 2. The summed E-state index contributed by atoms with van der Waals surface area (Å²) in [6, 6.07) is 5.29. The lowest BCUT2D eigenvalue weighted by molar-refractivity contribution is -0.140. The van der Waals surface area contributed by atoms with Crippen LogP contribution in [0.5, 0.6) is 0 Å². The van der Waals surface area contributed by atoms with Crippen LogP contribution in [0.4, 0.5) is 22.0 Å². The van der Waals surface area contributed by atoms with Crippen LogP contribution in [0.2, 0.25) is 0 Å². The van der Waals surface area contributed by atoms with Gasteiger partial charge in [-0.3, -0.25) is 4.79 Å². The van der Waals surface area contributed by atoms with Gasteiger partial charge in [-0.2, -0.15) is 13.2 Å². The molecule has 0 bridgehead atoms. The van der Waals surface area contributed by atoms with Gasteiger partial charge in [0.1, 0.15) is 11.6 Å². The first-order valence-corrected chi connectivity index (χ1v) is 6.36. The molecule has 0 aliphatic rings. The highest BCUT2D eigenvalue weighted by Gasteiger charge is 2.34. The van der Waals surface area contributed by atoms with E-state index in [1.807, 2.05) is 0 Å². The largest absolute Gasteiger partial charge is 0.419 e. The van der Waals surface area contributed by atoms with Crippen molar-refractivity contribution in [3.63, 3.8) is 0 Å². The molecule has 0 N–H and O–H groups in total. The lowest BCUT2D eigenvalue weighted by atomic mass is 10.0. The summed E-state index contributed by atoms with van der Waals surface area (Å²) in [7, 11) is 0. The van der Waals surface area contributed by atoms with Crippen LogP contribution in [-0.2, 0) is 6.18 Å². The predicted molar refractivity (Wildman–Crippen MR) is 68.9 cm³/mol. The molecule has 110 valence electrons. The highest BCUT2D eigenvalue weighted by atomic mass is 79.9. The molecule has 0 heterocycles. The Labute approximate surface area is 124 Å². The molecular weight excluding hydrogens is 359 g/mol. The molecule has 0 aromatic heterocycles. The van der Waals surface area contributed by atoms with Gasteiger partial charge in [-0.05, 0) is 36.4 Å². The van der Waals surface area contributed by atoms with Gasteiger partial charge in [-0.25, -0.2) is 8.78 Å². The minimum absolute atomic E-state index is 0.373. The van der Waals surface area contributed by atoms with Crippen molar-refractivity contribution >= 4 is 21.7 Å². The van der Waals surface area contributed by atoms with Crippen molar-refractivity contribution in [1.82, 2.24) is 0 Å². The van der Waals surface area contributed by atoms with Gasteiger partial charge in [0.25, 0.3) is 0 Å². The van der Waals surface area contributed by atoms with Gasteiger partial charge in [0, 0.05) is 10.0 Å². The van der Waals surface area contributed by atoms with Crippen LogP contribution in [0.3, 0.4) is 0 Å². The van der Waals surface area contributed by atoms with Crippen molar-refractivity contribution in [2.45, 2.75) is 6.18 Å². The Hall–Kier alpha value is -1.76. The zero-order valence-corrected chi connectivity index (χ0v) is 11.7.